The molecule has 0 aliphatic carbocycles. The van der Waals surface area contributed by atoms with Gasteiger partial charge in [0.25, 0.3) is 5.91 Å². The average Bonchev–Trinajstić information content (AvgIpc) is 3.64. The summed E-state index contributed by atoms with van der Waals surface area (Å²) >= 11 is 0. The lowest BCUT2D eigenvalue weighted by Crippen LogP contribution is -2.32. The number of likely N-dealkylation sites (N-methyl/N-ethyl adjacent to an activating group) is 1. The van der Waals surface area contributed by atoms with Crippen molar-refractivity contribution in [2.24, 2.45) is 0 Å². The van der Waals surface area contributed by atoms with Crippen molar-refractivity contribution in [3.63, 3.8) is 0 Å². The number of fused-ring (bicyclic) bond motifs is 5. The van der Waals surface area contributed by atoms with E-state index in [1.54, 1.807) is 30.2 Å². The van der Waals surface area contributed by atoms with Crippen molar-refractivity contribution >= 4 is 40.0 Å². The maximum atomic E-state index is 15.1. The first-order chi connectivity index (χ1) is 18.4. The summed E-state index contributed by atoms with van der Waals surface area (Å²) in [4.78, 5) is 39.3. The van der Waals surface area contributed by atoms with Gasteiger partial charge in [0.05, 0.1) is 41.6 Å². The molecule has 0 radical (unpaired) electrons. The zero-order chi connectivity index (χ0) is 26.1. The molecule has 0 unspecified atom stereocenters. The summed E-state index contributed by atoms with van der Waals surface area (Å²) in [6, 6.07) is 9.95. The molecule has 188 valence electrons. The number of hydrogen-bond donors (Lipinski definition) is 2. The van der Waals surface area contributed by atoms with Crippen LogP contribution in [0.25, 0.3) is 27.7 Å². The van der Waals surface area contributed by atoms with Crippen molar-refractivity contribution in [1.82, 2.24) is 24.3 Å². The minimum Gasteiger partial charge on any atom is -0.491 e. The number of benzene rings is 2. The van der Waals surface area contributed by atoms with Crippen LogP contribution in [-0.2, 0) is 11.2 Å². The minimum absolute atomic E-state index is 0.0739. The second kappa shape index (κ2) is 7.97. The van der Waals surface area contributed by atoms with E-state index in [2.05, 4.69) is 20.3 Å². The minimum atomic E-state index is -0.688. The number of carbonyl (C=O) groups excluding carboxylic acids is 2. The number of pyridine rings is 1. The fourth-order valence-electron chi connectivity index (χ4n) is 5.15. The highest BCUT2D eigenvalue weighted by molar-refractivity contribution is 5.99. The van der Waals surface area contributed by atoms with Crippen molar-refractivity contribution < 1.29 is 18.7 Å². The normalized spacial score (nSPS) is 15.8. The number of hydrogen-bond acceptors (Lipinski definition) is 7. The predicted octanol–water partition coefficient (Wildman–Crippen LogP) is 3.37. The van der Waals surface area contributed by atoms with Gasteiger partial charge in [0, 0.05) is 36.0 Å². The summed E-state index contributed by atoms with van der Waals surface area (Å²) in [6.07, 6.45) is 5.12. The van der Waals surface area contributed by atoms with Crippen LogP contribution in [0.4, 0.5) is 16.0 Å². The van der Waals surface area contributed by atoms with E-state index in [9.17, 15) is 9.59 Å². The Balaban J connectivity index is 1.20. The second-order valence-corrected chi connectivity index (χ2v) is 9.42. The zero-order valence-corrected chi connectivity index (χ0v) is 20.1. The SMILES string of the molecule is CN(C(=O)c1cc2c(cc1F)nc(N)c1cncn12)[C@@H]1COc2cc(-c3cnc4c(c3)CC(=O)N4)ccc21. The predicted molar refractivity (Wildman–Crippen MR) is 137 cm³/mol. The Labute approximate surface area is 214 Å². The van der Waals surface area contributed by atoms with Crippen molar-refractivity contribution in [1.29, 1.82) is 0 Å². The molecule has 2 aliphatic rings. The second-order valence-electron chi connectivity index (χ2n) is 9.42. The highest BCUT2D eigenvalue weighted by atomic mass is 19.1. The van der Waals surface area contributed by atoms with Crippen LogP contribution >= 0.6 is 0 Å². The first-order valence-corrected chi connectivity index (χ1v) is 11.9. The molecule has 5 aromatic rings. The van der Waals surface area contributed by atoms with Crippen molar-refractivity contribution in [2.45, 2.75) is 12.5 Å². The molecular weight excluding hydrogens is 489 g/mol. The lowest BCUT2D eigenvalue weighted by molar-refractivity contribution is -0.115. The molecule has 10 nitrogen and oxygen atoms in total. The zero-order valence-electron chi connectivity index (χ0n) is 20.1. The van der Waals surface area contributed by atoms with E-state index >= 15 is 4.39 Å². The molecule has 2 amide bonds. The summed E-state index contributed by atoms with van der Waals surface area (Å²) in [6.45, 7) is 0.237. The fraction of sp³-hybridized carbons (Fsp3) is 0.148. The molecule has 0 bridgehead atoms. The molecule has 11 heteroatoms. The van der Waals surface area contributed by atoms with Gasteiger partial charge in [-0.2, -0.15) is 0 Å². The van der Waals surface area contributed by atoms with Gasteiger partial charge in [0.15, 0.2) is 0 Å². The summed E-state index contributed by atoms with van der Waals surface area (Å²) in [5, 5.41) is 2.73. The number of anilines is 2. The fourth-order valence-corrected chi connectivity index (χ4v) is 5.15. The Kier molecular flexibility index (Phi) is 4.65. The third kappa shape index (κ3) is 3.28. The summed E-state index contributed by atoms with van der Waals surface area (Å²) in [5.41, 5.74) is 10.7. The van der Waals surface area contributed by atoms with E-state index < -0.39 is 17.8 Å². The molecule has 3 aromatic heterocycles. The standard InChI is InChI=1S/C27H20FN7O3/c1-34(27(37)17-7-20-19(8-18(17)28)32-25(29)21-10-30-12-35(20)21)22-11-38-23-5-13(2-3-16(22)23)15-4-14-6-24(36)33-26(14)31-9-15/h2-5,7-10,12,22H,6,11H2,1H3,(H2,29,32)(H,31,33,36)/t22-/m1/s1. The van der Waals surface area contributed by atoms with Crippen LogP contribution in [0.5, 0.6) is 5.75 Å². The van der Waals surface area contributed by atoms with Crippen molar-refractivity contribution in [3.8, 4) is 16.9 Å². The van der Waals surface area contributed by atoms with Crippen LogP contribution in [0, 0.1) is 5.82 Å². The van der Waals surface area contributed by atoms with Gasteiger partial charge >= 0.3 is 0 Å². The van der Waals surface area contributed by atoms with Gasteiger partial charge in [-0.05, 0) is 23.8 Å². The van der Waals surface area contributed by atoms with E-state index in [1.807, 2.05) is 24.3 Å². The molecule has 2 aliphatic heterocycles. The van der Waals surface area contributed by atoms with Gasteiger partial charge in [-0.1, -0.05) is 12.1 Å². The van der Waals surface area contributed by atoms with E-state index in [1.165, 1.54) is 17.0 Å². The van der Waals surface area contributed by atoms with E-state index in [0.29, 0.717) is 34.5 Å². The number of nitrogens with two attached hydrogens (primary N) is 1. The topological polar surface area (TPSA) is 128 Å². The molecule has 0 spiro atoms. The summed E-state index contributed by atoms with van der Waals surface area (Å²) < 4.78 is 22.7. The number of rotatable bonds is 3. The van der Waals surface area contributed by atoms with Gasteiger partial charge in [-0.25, -0.2) is 19.3 Å². The van der Waals surface area contributed by atoms with Crippen LogP contribution in [0.15, 0.2) is 55.1 Å². The Morgan fingerprint density at radius 1 is 1.18 bits per heavy atom. The average molecular weight is 510 g/mol. The van der Waals surface area contributed by atoms with Gasteiger partial charge in [0.2, 0.25) is 5.91 Å². The van der Waals surface area contributed by atoms with Gasteiger partial charge in [-0.15, -0.1) is 0 Å². The molecule has 0 fully saturated rings. The first-order valence-electron chi connectivity index (χ1n) is 11.9. The Morgan fingerprint density at radius 3 is 2.92 bits per heavy atom. The number of nitrogens with zero attached hydrogens (tertiary/aromatic N) is 5. The molecule has 38 heavy (non-hydrogen) atoms. The van der Waals surface area contributed by atoms with Crippen LogP contribution in [0.3, 0.4) is 0 Å². The van der Waals surface area contributed by atoms with Crippen LogP contribution in [0.1, 0.15) is 27.5 Å². The third-order valence-electron chi connectivity index (χ3n) is 7.16. The highest BCUT2D eigenvalue weighted by Gasteiger charge is 2.32. The largest absolute Gasteiger partial charge is 0.491 e. The van der Waals surface area contributed by atoms with Gasteiger partial charge in [0.1, 0.15) is 35.3 Å². The number of amides is 2. The first kappa shape index (κ1) is 22.2. The monoisotopic (exact) mass is 509 g/mol. The van der Waals surface area contributed by atoms with Gasteiger partial charge in [-0.3, -0.25) is 14.0 Å². The number of aromatic nitrogens is 4. The maximum Gasteiger partial charge on any atom is 0.257 e. The molecular formula is C27H20FN7O3. The number of ether oxygens (including phenoxy) is 1. The number of nitrogen functional groups attached to an aromatic ring is 1. The van der Waals surface area contributed by atoms with Crippen LogP contribution in [-0.4, -0.2) is 49.7 Å². The molecule has 1 atom stereocenters. The van der Waals surface area contributed by atoms with Crippen molar-refractivity contribution in [3.05, 3.63) is 77.6 Å². The maximum absolute atomic E-state index is 15.1. The Morgan fingerprint density at radius 2 is 2.05 bits per heavy atom. The lowest BCUT2D eigenvalue weighted by atomic mass is 10.00. The summed E-state index contributed by atoms with van der Waals surface area (Å²) in [5.74, 6) is 0.207. The number of nitrogens with one attached hydrogen (secondary N) is 1. The van der Waals surface area contributed by atoms with E-state index in [-0.39, 0.29) is 23.9 Å². The molecule has 0 saturated heterocycles. The quantitative estimate of drug-likeness (QED) is 0.382. The van der Waals surface area contributed by atoms with Gasteiger partial charge < -0.3 is 20.7 Å². The Bertz CT molecular complexity index is 1830. The van der Waals surface area contributed by atoms with Crippen LogP contribution < -0.4 is 15.8 Å². The Hall–Kier alpha value is -5.06. The van der Waals surface area contributed by atoms with E-state index in [4.69, 9.17) is 10.5 Å². The number of halogens is 1. The van der Waals surface area contributed by atoms with Crippen molar-refractivity contribution in [2.75, 3.05) is 24.7 Å². The smallest absolute Gasteiger partial charge is 0.257 e. The third-order valence-corrected chi connectivity index (χ3v) is 7.16. The lowest BCUT2D eigenvalue weighted by Gasteiger charge is -2.24. The molecule has 2 aromatic carbocycles. The van der Waals surface area contributed by atoms with Crippen LogP contribution in [0.2, 0.25) is 0 Å². The molecule has 7 rings (SSSR count). The molecule has 3 N–H and O–H groups in total. The molecule has 0 saturated carbocycles. The van der Waals surface area contributed by atoms with E-state index in [0.717, 1.165) is 22.3 Å². The number of carbonyl (C=O) groups is 2. The summed E-state index contributed by atoms with van der Waals surface area (Å²) in [7, 11) is 1.63. The highest BCUT2D eigenvalue weighted by Crippen LogP contribution is 2.39. The number of imidazole rings is 1. The molecule has 5 heterocycles.